The molecule has 46 heavy (non-hydrogen) atoms. The molecule has 2 N–H and O–H groups in total. The van der Waals surface area contributed by atoms with E-state index in [4.69, 9.17) is 10.2 Å². The van der Waals surface area contributed by atoms with Gasteiger partial charge in [0.15, 0.2) is 0 Å². The second kappa shape index (κ2) is 20.0. The van der Waals surface area contributed by atoms with E-state index in [-0.39, 0.29) is 5.56 Å². The van der Waals surface area contributed by atoms with Crippen LogP contribution in [0.1, 0.15) is 116 Å². The Kier molecular flexibility index (Phi) is 15.7. The van der Waals surface area contributed by atoms with E-state index < -0.39 is 17.8 Å². The van der Waals surface area contributed by atoms with Crippen LogP contribution in [0.3, 0.4) is 0 Å². The molecule has 0 radical (unpaired) electrons. The monoisotopic (exact) mass is 624 g/mol. The molecule has 0 saturated heterocycles. The second-order valence-electron chi connectivity index (χ2n) is 12.0. The van der Waals surface area contributed by atoms with Gasteiger partial charge in [-0.2, -0.15) is 0 Å². The molecule has 244 valence electrons. The number of carbonyl (C=O) groups is 2. The van der Waals surface area contributed by atoms with Gasteiger partial charge in [-0.15, -0.1) is 0 Å². The van der Waals surface area contributed by atoms with E-state index in [0.29, 0.717) is 11.1 Å². The smallest absolute Gasteiger partial charge is 0.338 e. The van der Waals surface area contributed by atoms with Gasteiger partial charge in [0.05, 0.1) is 11.1 Å². The Morgan fingerprint density at radius 2 is 0.891 bits per heavy atom. The van der Waals surface area contributed by atoms with Crippen molar-refractivity contribution in [2.75, 3.05) is 0 Å². The van der Waals surface area contributed by atoms with Crippen LogP contribution in [0.4, 0.5) is 4.39 Å². The zero-order valence-electron chi connectivity index (χ0n) is 27.4. The van der Waals surface area contributed by atoms with Crippen molar-refractivity contribution < 1.29 is 24.2 Å². The number of aromatic carboxylic acids is 2. The van der Waals surface area contributed by atoms with Gasteiger partial charge in [-0.1, -0.05) is 138 Å². The first kappa shape index (κ1) is 36.2. The number of aryl methyl sites for hydroxylation is 2. The minimum Gasteiger partial charge on any atom is -0.478 e. The molecule has 4 rings (SSSR count). The Labute approximate surface area is 274 Å². The number of hydrogen-bond acceptors (Lipinski definition) is 2. The molecule has 0 amide bonds. The van der Waals surface area contributed by atoms with Crippen LogP contribution in [0, 0.1) is 5.82 Å². The van der Waals surface area contributed by atoms with Crippen molar-refractivity contribution in [3.05, 3.63) is 119 Å². The first-order valence-corrected chi connectivity index (χ1v) is 16.9. The molecule has 5 heteroatoms. The van der Waals surface area contributed by atoms with Crippen LogP contribution >= 0.6 is 0 Å². The van der Waals surface area contributed by atoms with Gasteiger partial charge in [0.1, 0.15) is 5.82 Å². The van der Waals surface area contributed by atoms with Crippen LogP contribution in [0.2, 0.25) is 0 Å². The molecule has 0 aliphatic rings. The fourth-order valence-electron chi connectivity index (χ4n) is 5.44. The van der Waals surface area contributed by atoms with Crippen LogP contribution in [-0.4, -0.2) is 22.2 Å². The molecular formula is C41H49FO4. The van der Waals surface area contributed by atoms with Crippen molar-refractivity contribution in [2.24, 2.45) is 0 Å². The SMILES string of the molecule is CCCCCCCCc1ccc(-c2ccc(C(=O)O)cc2)cc1.CCCCCCCc1ccc(-c2ccc(C(=O)O)c(F)c2)cc1. The highest BCUT2D eigenvalue weighted by Crippen LogP contribution is 2.24. The molecule has 0 heterocycles. The number of carboxylic acids is 2. The van der Waals surface area contributed by atoms with Gasteiger partial charge in [-0.3, -0.25) is 0 Å². The highest BCUT2D eigenvalue weighted by atomic mass is 19.1. The normalized spacial score (nSPS) is 10.7. The maximum absolute atomic E-state index is 13.8. The summed E-state index contributed by atoms with van der Waals surface area (Å²) in [7, 11) is 0. The number of hydrogen-bond donors (Lipinski definition) is 2. The van der Waals surface area contributed by atoms with Crippen LogP contribution < -0.4 is 0 Å². The summed E-state index contributed by atoms with van der Waals surface area (Å²) in [6, 6.07) is 28.0. The highest BCUT2D eigenvalue weighted by Gasteiger charge is 2.11. The second-order valence-corrected chi connectivity index (χ2v) is 12.0. The lowest BCUT2D eigenvalue weighted by Crippen LogP contribution is -2.00. The minimum atomic E-state index is -1.24. The number of rotatable bonds is 17. The van der Waals surface area contributed by atoms with Crippen molar-refractivity contribution in [3.63, 3.8) is 0 Å². The Hall–Kier alpha value is -4.25. The molecule has 4 aromatic carbocycles. The van der Waals surface area contributed by atoms with Crippen molar-refractivity contribution in [1.82, 2.24) is 0 Å². The van der Waals surface area contributed by atoms with Crippen LogP contribution in [0.25, 0.3) is 22.3 Å². The van der Waals surface area contributed by atoms with Gasteiger partial charge in [0, 0.05) is 0 Å². The largest absolute Gasteiger partial charge is 0.478 e. The number of benzene rings is 4. The average Bonchev–Trinajstić information content (AvgIpc) is 3.07. The summed E-state index contributed by atoms with van der Waals surface area (Å²) in [5.74, 6) is -2.83. The molecule has 0 unspecified atom stereocenters. The third kappa shape index (κ3) is 12.3. The van der Waals surface area contributed by atoms with Crippen LogP contribution in [0.5, 0.6) is 0 Å². The van der Waals surface area contributed by atoms with E-state index in [9.17, 15) is 14.0 Å². The van der Waals surface area contributed by atoms with Crippen molar-refractivity contribution in [2.45, 2.75) is 97.3 Å². The molecule has 0 spiro atoms. The van der Waals surface area contributed by atoms with Crippen molar-refractivity contribution in [1.29, 1.82) is 0 Å². The minimum absolute atomic E-state index is 0.294. The summed E-state index contributed by atoms with van der Waals surface area (Å²) in [6.45, 7) is 4.46. The van der Waals surface area contributed by atoms with Gasteiger partial charge in [-0.05, 0) is 83.3 Å². The fourth-order valence-corrected chi connectivity index (χ4v) is 5.44. The zero-order valence-corrected chi connectivity index (χ0v) is 27.4. The van der Waals surface area contributed by atoms with E-state index in [1.807, 2.05) is 24.3 Å². The van der Waals surface area contributed by atoms with E-state index in [0.717, 1.165) is 29.5 Å². The standard InChI is InChI=1S/C21H26O2.C20H23FO2/c1-2-3-4-5-6-7-8-17-9-11-18(12-10-17)19-13-15-20(16-14-19)21(22)23;1-2-3-4-5-6-7-15-8-10-16(11-9-15)17-12-13-18(20(22)23)19(21)14-17/h9-16H,2-8H2,1H3,(H,22,23);8-14H,2-7H2,1H3,(H,22,23). The van der Waals surface area contributed by atoms with Crippen molar-refractivity contribution in [3.8, 4) is 22.3 Å². The maximum Gasteiger partial charge on any atom is 0.338 e. The van der Waals surface area contributed by atoms with Gasteiger partial charge in [0.2, 0.25) is 0 Å². The highest BCUT2D eigenvalue weighted by molar-refractivity contribution is 5.89. The molecule has 4 aromatic rings. The summed E-state index contributed by atoms with van der Waals surface area (Å²) >= 11 is 0. The molecule has 0 bridgehead atoms. The first-order valence-electron chi connectivity index (χ1n) is 16.9. The summed E-state index contributed by atoms with van der Waals surface area (Å²) in [6.07, 6.45) is 16.5. The van der Waals surface area contributed by atoms with Crippen LogP contribution in [-0.2, 0) is 12.8 Å². The summed E-state index contributed by atoms with van der Waals surface area (Å²) in [5, 5.41) is 17.8. The Morgan fingerprint density at radius 3 is 1.30 bits per heavy atom. The van der Waals surface area contributed by atoms with Crippen LogP contribution in [0.15, 0.2) is 91.0 Å². The summed E-state index contributed by atoms with van der Waals surface area (Å²) < 4.78 is 13.8. The molecule has 0 aromatic heterocycles. The Balaban J connectivity index is 0.000000250. The van der Waals surface area contributed by atoms with Gasteiger partial charge in [-0.25, -0.2) is 14.0 Å². The first-order chi connectivity index (χ1) is 22.3. The average molecular weight is 625 g/mol. The quantitative estimate of drug-likeness (QED) is 0.115. The van der Waals surface area contributed by atoms with E-state index >= 15 is 0 Å². The molecule has 0 fully saturated rings. The zero-order chi connectivity index (χ0) is 33.1. The molecule has 0 atom stereocenters. The van der Waals surface area contributed by atoms with Gasteiger partial charge >= 0.3 is 11.9 Å². The van der Waals surface area contributed by atoms with E-state index in [1.54, 1.807) is 18.2 Å². The lowest BCUT2D eigenvalue weighted by molar-refractivity contribution is 0.0683. The molecular weight excluding hydrogens is 575 g/mol. The molecule has 0 aliphatic carbocycles. The van der Waals surface area contributed by atoms with E-state index in [1.165, 1.54) is 93.9 Å². The van der Waals surface area contributed by atoms with Gasteiger partial charge < -0.3 is 10.2 Å². The Morgan fingerprint density at radius 1 is 0.500 bits per heavy atom. The topological polar surface area (TPSA) is 74.6 Å². The lowest BCUT2D eigenvalue weighted by atomic mass is 10.00. The number of halogens is 1. The number of carboxylic acid groups (broad SMARTS) is 2. The van der Waals surface area contributed by atoms with E-state index in [2.05, 4.69) is 50.2 Å². The summed E-state index contributed by atoms with van der Waals surface area (Å²) in [5.41, 5.74) is 6.48. The maximum atomic E-state index is 13.8. The third-order valence-electron chi connectivity index (χ3n) is 8.29. The molecule has 4 nitrogen and oxygen atoms in total. The molecule has 0 saturated carbocycles. The van der Waals surface area contributed by atoms with Gasteiger partial charge in [0.25, 0.3) is 0 Å². The third-order valence-corrected chi connectivity index (χ3v) is 8.29. The predicted molar refractivity (Wildman–Crippen MR) is 187 cm³/mol. The summed E-state index contributed by atoms with van der Waals surface area (Å²) in [4.78, 5) is 21.7. The predicted octanol–water partition coefficient (Wildman–Crippen LogP) is 11.7. The number of unbranched alkanes of at least 4 members (excludes halogenated alkanes) is 9. The van der Waals surface area contributed by atoms with Crippen molar-refractivity contribution >= 4 is 11.9 Å². The molecule has 0 aliphatic heterocycles. The fraction of sp³-hybridized carbons (Fsp3) is 0.366. The lowest BCUT2D eigenvalue weighted by Gasteiger charge is -2.06. The Bertz CT molecular complexity index is 1470.